The minimum atomic E-state index is -0.371. The van der Waals surface area contributed by atoms with Crippen molar-refractivity contribution >= 4 is 33.9 Å². The molecule has 0 atom stereocenters. The van der Waals surface area contributed by atoms with Crippen LogP contribution in [0.3, 0.4) is 0 Å². The fraction of sp³-hybridized carbons (Fsp3) is 0.387. The largest absolute Gasteiger partial charge is 0.389 e. The maximum Gasteiger partial charge on any atom is 0.327 e. The lowest BCUT2D eigenvalue weighted by molar-refractivity contribution is -0.133. The summed E-state index contributed by atoms with van der Waals surface area (Å²) in [6.07, 6.45) is 6.25. The van der Waals surface area contributed by atoms with Gasteiger partial charge in [-0.2, -0.15) is 0 Å². The quantitative estimate of drug-likeness (QED) is 0.323. The van der Waals surface area contributed by atoms with Crippen molar-refractivity contribution in [1.82, 2.24) is 34.0 Å². The van der Waals surface area contributed by atoms with E-state index in [1.54, 1.807) is 17.1 Å². The van der Waals surface area contributed by atoms with Crippen LogP contribution < -0.4 is 10.6 Å². The van der Waals surface area contributed by atoms with E-state index in [0.717, 1.165) is 27.8 Å². The van der Waals surface area contributed by atoms with Crippen LogP contribution in [0.2, 0.25) is 0 Å². The number of amides is 1. The molecule has 2 aliphatic rings. The summed E-state index contributed by atoms with van der Waals surface area (Å²) in [5.41, 5.74) is 5.23. The van der Waals surface area contributed by atoms with Gasteiger partial charge in [0.1, 0.15) is 24.3 Å². The Morgan fingerprint density at radius 3 is 2.60 bits per heavy atom. The molecule has 0 aliphatic carbocycles. The second kappa shape index (κ2) is 10.4. The molecule has 5 aromatic rings. The van der Waals surface area contributed by atoms with Crippen molar-refractivity contribution in [3.05, 3.63) is 71.2 Å². The van der Waals surface area contributed by atoms with E-state index in [4.69, 9.17) is 0 Å². The molecule has 1 aromatic carbocycles. The number of nitrogens with one attached hydrogen (secondary N) is 1. The first kappa shape index (κ1) is 26.4. The van der Waals surface area contributed by atoms with Gasteiger partial charge in [-0.3, -0.25) is 14.3 Å². The molecule has 2 saturated heterocycles. The minimum absolute atomic E-state index is 0.00761. The zero-order chi connectivity index (χ0) is 29.0. The molecule has 11 heteroatoms. The lowest BCUT2D eigenvalue weighted by atomic mass is 9.92. The lowest BCUT2D eigenvalue weighted by Gasteiger charge is -2.37. The molecule has 7 rings (SSSR count). The van der Waals surface area contributed by atoms with E-state index in [9.17, 15) is 14.7 Å². The highest BCUT2D eigenvalue weighted by Gasteiger charge is 2.31. The molecule has 216 valence electrons. The van der Waals surface area contributed by atoms with Gasteiger partial charge in [0.2, 0.25) is 5.91 Å². The highest BCUT2D eigenvalue weighted by molar-refractivity contribution is 6.03. The van der Waals surface area contributed by atoms with Gasteiger partial charge in [-0.1, -0.05) is 38.1 Å². The Labute approximate surface area is 242 Å². The number of aromatic amines is 1. The van der Waals surface area contributed by atoms with Crippen LogP contribution in [0.4, 0.5) is 5.82 Å². The maximum absolute atomic E-state index is 13.7. The highest BCUT2D eigenvalue weighted by atomic mass is 16.3. The fourth-order valence-corrected chi connectivity index (χ4v) is 6.49. The number of carbonyl (C=O) groups excluding carboxylic acids is 1. The summed E-state index contributed by atoms with van der Waals surface area (Å²) >= 11 is 0. The van der Waals surface area contributed by atoms with E-state index < -0.39 is 0 Å². The molecule has 0 bridgehead atoms. The molecule has 6 heterocycles. The molecule has 1 amide bonds. The number of fused-ring (bicyclic) bond motifs is 2. The summed E-state index contributed by atoms with van der Waals surface area (Å²) in [6.45, 7) is 6.68. The summed E-state index contributed by atoms with van der Waals surface area (Å²) < 4.78 is 3.72. The summed E-state index contributed by atoms with van der Waals surface area (Å²) in [5.74, 6) is 1.10. The number of H-pyrrole nitrogens is 1. The number of aliphatic hydroxyl groups excluding tert-OH is 1. The fourth-order valence-electron chi connectivity index (χ4n) is 6.49. The molecular formula is C31H34N8O3. The van der Waals surface area contributed by atoms with E-state index in [1.807, 2.05) is 33.9 Å². The van der Waals surface area contributed by atoms with Crippen molar-refractivity contribution in [3.8, 4) is 11.1 Å². The Hall–Kier alpha value is -4.51. The minimum Gasteiger partial charge on any atom is -0.389 e. The lowest BCUT2D eigenvalue weighted by Crippen LogP contribution is -2.51. The number of aliphatic hydroxyl groups is 1. The van der Waals surface area contributed by atoms with E-state index in [2.05, 4.69) is 56.9 Å². The van der Waals surface area contributed by atoms with Crippen LogP contribution in [0.5, 0.6) is 0 Å². The SMILES string of the molecule is CC(C)c1ccccc1-c1cn(CC(=O)N2CCC(n3c(=O)[nH]c4ncccc43)CC2)c2ncnc(N3CC(O)C3)c12. The second-order valence-electron chi connectivity index (χ2n) is 11.7. The number of likely N-dealkylation sites (tertiary alicyclic amines) is 1. The van der Waals surface area contributed by atoms with Crippen molar-refractivity contribution in [2.75, 3.05) is 31.1 Å². The third kappa shape index (κ3) is 4.44. The average Bonchev–Trinajstić information content (AvgIpc) is 3.52. The number of hydrogen-bond donors (Lipinski definition) is 2. The number of pyridine rings is 1. The number of rotatable bonds is 6. The number of piperidine rings is 1. The molecule has 0 spiro atoms. The van der Waals surface area contributed by atoms with Gasteiger partial charge in [-0.05, 0) is 42.0 Å². The third-order valence-electron chi connectivity index (χ3n) is 8.65. The molecule has 0 radical (unpaired) electrons. The Morgan fingerprint density at radius 1 is 1.05 bits per heavy atom. The van der Waals surface area contributed by atoms with E-state index >= 15 is 0 Å². The van der Waals surface area contributed by atoms with Crippen LogP contribution >= 0.6 is 0 Å². The molecule has 4 aromatic heterocycles. The summed E-state index contributed by atoms with van der Waals surface area (Å²) in [4.78, 5) is 46.7. The van der Waals surface area contributed by atoms with Gasteiger partial charge >= 0.3 is 5.69 Å². The van der Waals surface area contributed by atoms with Crippen LogP contribution in [-0.4, -0.2) is 77.3 Å². The van der Waals surface area contributed by atoms with E-state index in [-0.39, 0.29) is 30.3 Å². The summed E-state index contributed by atoms with van der Waals surface area (Å²) in [6, 6.07) is 12.1. The first-order valence-electron chi connectivity index (χ1n) is 14.6. The third-order valence-corrected chi connectivity index (χ3v) is 8.65. The number of imidazole rings is 1. The van der Waals surface area contributed by atoms with Crippen molar-refractivity contribution in [3.63, 3.8) is 0 Å². The van der Waals surface area contributed by atoms with E-state index in [0.29, 0.717) is 56.2 Å². The Bertz CT molecular complexity index is 1840. The molecule has 2 N–H and O–H groups in total. The van der Waals surface area contributed by atoms with Crippen LogP contribution in [0.25, 0.3) is 33.3 Å². The van der Waals surface area contributed by atoms with Crippen molar-refractivity contribution in [2.24, 2.45) is 0 Å². The predicted octanol–water partition coefficient (Wildman–Crippen LogP) is 3.30. The van der Waals surface area contributed by atoms with Gasteiger partial charge in [0.05, 0.1) is 17.0 Å². The van der Waals surface area contributed by atoms with Crippen LogP contribution in [0.1, 0.15) is 44.2 Å². The number of nitrogens with zero attached hydrogens (tertiary/aromatic N) is 7. The Morgan fingerprint density at radius 2 is 1.83 bits per heavy atom. The number of aromatic nitrogens is 6. The van der Waals surface area contributed by atoms with Gasteiger partial charge in [0.15, 0.2) is 5.65 Å². The van der Waals surface area contributed by atoms with Crippen molar-refractivity contribution in [2.45, 2.75) is 51.3 Å². The Balaban J connectivity index is 1.18. The topological polar surface area (TPSA) is 125 Å². The first-order chi connectivity index (χ1) is 20.4. The van der Waals surface area contributed by atoms with Crippen molar-refractivity contribution in [1.29, 1.82) is 0 Å². The van der Waals surface area contributed by atoms with Gasteiger partial charge < -0.3 is 19.5 Å². The molecule has 2 aliphatic heterocycles. The van der Waals surface area contributed by atoms with Crippen molar-refractivity contribution < 1.29 is 9.90 Å². The zero-order valence-electron chi connectivity index (χ0n) is 23.8. The van der Waals surface area contributed by atoms with Gasteiger partial charge in [-0.25, -0.2) is 19.7 Å². The highest BCUT2D eigenvalue weighted by Crippen LogP contribution is 2.39. The van der Waals surface area contributed by atoms with Gasteiger partial charge in [-0.15, -0.1) is 0 Å². The monoisotopic (exact) mass is 566 g/mol. The molecule has 11 nitrogen and oxygen atoms in total. The summed E-state index contributed by atoms with van der Waals surface area (Å²) in [5, 5.41) is 10.9. The van der Waals surface area contributed by atoms with Crippen LogP contribution in [-0.2, 0) is 11.3 Å². The number of anilines is 1. The zero-order valence-corrected chi connectivity index (χ0v) is 23.8. The number of carbonyl (C=O) groups is 1. The first-order valence-corrected chi connectivity index (χ1v) is 14.6. The van der Waals surface area contributed by atoms with Gasteiger partial charge in [0, 0.05) is 50.2 Å². The smallest absolute Gasteiger partial charge is 0.327 e. The molecule has 42 heavy (non-hydrogen) atoms. The second-order valence-corrected chi connectivity index (χ2v) is 11.7. The molecule has 0 saturated carbocycles. The van der Waals surface area contributed by atoms with Gasteiger partial charge in [0.25, 0.3) is 0 Å². The van der Waals surface area contributed by atoms with Crippen LogP contribution in [0, 0.1) is 0 Å². The Kier molecular flexibility index (Phi) is 6.53. The predicted molar refractivity (Wildman–Crippen MR) is 160 cm³/mol. The molecule has 2 fully saturated rings. The standard InChI is InChI=1S/C31H34N8O3/c1-19(2)22-6-3-4-7-23(22)24-16-38(30-27(24)29(33-18-34-30)37-14-21(40)15-37)17-26(41)36-12-9-20(10-13-36)39-25-8-5-11-32-28(25)35-31(39)42/h3-8,11,16,18-21,40H,9-10,12-15,17H2,1-2H3,(H,32,35,42). The molecule has 0 unspecified atom stereocenters. The number of β-amino-alcohol motifs (C(OH)–C–C–N with tert-alkyl or cyclic N) is 1. The normalized spacial score (nSPS) is 16.6. The number of benzene rings is 1. The average molecular weight is 567 g/mol. The maximum atomic E-state index is 13.7. The molecular weight excluding hydrogens is 532 g/mol. The van der Waals surface area contributed by atoms with E-state index in [1.165, 1.54) is 5.56 Å². The summed E-state index contributed by atoms with van der Waals surface area (Å²) in [7, 11) is 0. The van der Waals surface area contributed by atoms with Crippen LogP contribution in [0.15, 0.2) is 59.9 Å². The number of hydrogen-bond acceptors (Lipinski definition) is 7.